The predicted molar refractivity (Wildman–Crippen MR) is 78.1 cm³/mol. The van der Waals surface area contributed by atoms with Gasteiger partial charge >= 0.3 is 0 Å². The minimum absolute atomic E-state index is 0.575. The molecule has 2 heterocycles. The molecule has 0 bridgehead atoms. The molecule has 0 aliphatic carbocycles. The van der Waals surface area contributed by atoms with E-state index in [9.17, 15) is 0 Å². The maximum absolute atomic E-state index is 5.85. The summed E-state index contributed by atoms with van der Waals surface area (Å²) in [5, 5.41) is 3.16. The van der Waals surface area contributed by atoms with Crippen LogP contribution in [0.3, 0.4) is 0 Å². The van der Waals surface area contributed by atoms with Gasteiger partial charge in [0.25, 0.3) is 0 Å². The summed E-state index contributed by atoms with van der Waals surface area (Å²) in [7, 11) is 0. The number of ether oxygens (including phenoxy) is 1. The highest BCUT2D eigenvalue weighted by Gasteiger charge is 2.04. The maximum Gasteiger partial charge on any atom is 0.146 e. The van der Waals surface area contributed by atoms with Crippen molar-refractivity contribution in [1.29, 1.82) is 0 Å². The van der Waals surface area contributed by atoms with Crippen molar-refractivity contribution in [2.75, 3.05) is 0 Å². The lowest BCUT2D eigenvalue weighted by Crippen LogP contribution is -1.94. The Hall–Kier alpha value is -1.39. The van der Waals surface area contributed by atoms with E-state index in [1.165, 1.54) is 4.88 Å². The van der Waals surface area contributed by atoms with Gasteiger partial charge in [0, 0.05) is 26.3 Å². The zero-order valence-corrected chi connectivity index (χ0v) is 11.9. The first-order valence-corrected chi connectivity index (χ1v) is 7.20. The predicted octanol–water partition coefficient (Wildman–Crippen LogP) is 4.64. The maximum atomic E-state index is 5.85. The summed E-state index contributed by atoms with van der Waals surface area (Å²) in [5.74, 6) is 0.831. The standard InChI is InChI=1S/C14H10BrNOS/c15-11-7-12(18-9-11)8-17-13-5-1-3-10-4-2-6-16-14(10)13/h1-7,9H,8H2. The number of nitrogens with zero attached hydrogens (tertiary/aromatic N) is 1. The van der Waals surface area contributed by atoms with Crippen LogP contribution < -0.4 is 4.74 Å². The van der Waals surface area contributed by atoms with Crippen LogP contribution in [0, 0.1) is 0 Å². The smallest absolute Gasteiger partial charge is 0.146 e. The number of pyridine rings is 1. The van der Waals surface area contributed by atoms with E-state index in [0.29, 0.717) is 6.61 Å². The summed E-state index contributed by atoms with van der Waals surface area (Å²) >= 11 is 5.12. The number of benzene rings is 1. The highest BCUT2D eigenvalue weighted by molar-refractivity contribution is 9.10. The molecule has 0 amide bonds. The molecule has 0 spiro atoms. The second-order valence-corrected chi connectivity index (χ2v) is 5.76. The van der Waals surface area contributed by atoms with E-state index in [-0.39, 0.29) is 0 Å². The van der Waals surface area contributed by atoms with Gasteiger partial charge in [0.05, 0.1) is 0 Å². The molecular formula is C14H10BrNOS. The molecule has 0 aliphatic rings. The summed E-state index contributed by atoms with van der Waals surface area (Å²) in [4.78, 5) is 5.56. The monoisotopic (exact) mass is 319 g/mol. The molecule has 0 unspecified atom stereocenters. The molecule has 0 aliphatic heterocycles. The van der Waals surface area contributed by atoms with E-state index < -0.39 is 0 Å². The number of hydrogen-bond donors (Lipinski definition) is 0. The Morgan fingerprint density at radius 1 is 1.22 bits per heavy atom. The number of fused-ring (bicyclic) bond motifs is 1. The Kier molecular flexibility index (Phi) is 3.30. The van der Waals surface area contributed by atoms with Gasteiger partial charge < -0.3 is 4.74 Å². The first kappa shape index (κ1) is 11.7. The van der Waals surface area contributed by atoms with Crippen LogP contribution in [0.4, 0.5) is 0 Å². The topological polar surface area (TPSA) is 22.1 Å². The molecule has 0 N–H and O–H groups in total. The van der Waals surface area contributed by atoms with E-state index in [1.54, 1.807) is 17.5 Å². The van der Waals surface area contributed by atoms with Gasteiger partial charge in [-0.1, -0.05) is 18.2 Å². The number of halogens is 1. The SMILES string of the molecule is Brc1csc(COc2cccc3cccnc23)c1. The molecule has 1 aromatic carbocycles. The van der Waals surface area contributed by atoms with Gasteiger partial charge in [-0.25, -0.2) is 0 Å². The summed E-state index contributed by atoms with van der Waals surface area (Å²) in [6.07, 6.45) is 1.79. The Bertz CT molecular complexity index is 675. The molecule has 3 aromatic rings. The molecule has 2 aromatic heterocycles. The highest BCUT2D eigenvalue weighted by atomic mass is 79.9. The summed E-state index contributed by atoms with van der Waals surface area (Å²) in [6, 6.07) is 12.0. The quantitative estimate of drug-likeness (QED) is 0.701. The molecule has 4 heteroatoms. The lowest BCUT2D eigenvalue weighted by Gasteiger charge is -2.07. The van der Waals surface area contributed by atoms with Crippen molar-refractivity contribution < 1.29 is 4.74 Å². The fraction of sp³-hybridized carbons (Fsp3) is 0.0714. The van der Waals surface area contributed by atoms with Gasteiger partial charge in [0.1, 0.15) is 17.9 Å². The summed E-state index contributed by atoms with van der Waals surface area (Å²) < 4.78 is 6.94. The fourth-order valence-corrected chi connectivity index (χ4v) is 3.13. The molecule has 0 saturated carbocycles. The van der Waals surface area contributed by atoms with E-state index >= 15 is 0 Å². The van der Waals surface area contributed by atoms with Crippen molar-refractivity contribution in [3.63, 3.8) is 0 Å². The number of para-hydroxylation sites is 1. The molecule has 90 valence electrons. The lowest BCUT2D eigenvalue weighted by molar-refractivity contribution is 0.313. The Balaban J connectivity index is 1.86. The van der Waals surface area contributed by atoms with E-state index in [2.05, 4.69) is 32.4 Å². The number of thiophene rings is 1. The van der Waals surface area contributed by atoms with Crippen molar-refractivity contribution in [1.82, 2.24) is 4.98 Å². The summed E-state index contributed by atoms with van der Waals surface area (Å²) in [6.45, 7) is 0.575. The van der Waals surface area contributed by atoms with Crippen LogP contribution >= 0.6 is 27.3 Å². The van der Waals surface area contributed by atoms with Crippen molar-refractivity contribution in [2.45, 2.75) is 6.61 Å². The Morgan fingerprint density at radius 3 is 2.94 bits per heavy atom. The number of aromatic nitrogens is 1. The first-order valence-electron chi connectivity index (χ1n) is 5.52. The minimum atomic E-state index is 0.575. The fourth-order valence-electron chi connectivity index (χ4n) is 1.77. The van der Waals surface area contributed by atoms with Crippen LogP contribution in [-0.4, -0.2) is 4.98 Å². The molecule has 0 saturated heterocycles. The van der Waals surface area contributed by atoms with Crippen molar-refractivity contribution in [2.24, 2.45) is 0 Å². The third-order valence-electron chi connectivity index (χ3n) is 2.59. The van der Waals surface area contributed by atoms with E-state index in [4.69, 9.17) is 4.74 Å². The van der Waals surface area contributed by atoms with E-state index in [0.717, 1.165) is 21.1 Å². The van der Waals surface area contributed by atoms with Crippen LogP contribution in [-0.2, 0) is 6.61 Å². The zero-order valence-electron chi connectivity index (χ0n) is 9.47. The van der Waals surface area contributed by atoms with Crippen molar-refractivity contribution in [3.05, 3.63) is 57.3 Å². The lowest BCUT2D eigenvalue weighted by atomic mass is 10.2. The number of hydrogen-bond acceptors (Lipinski definition) is 3. The van der Waals surface area contributed by atoms with Crippen LogP contribution in [0.2, 0.25) is 0 Å². The van der Waals surface area contributed by atoms with Gasteiger partial charge in [-0.3, -0.25) is 4.98 Å². The third-order valence-corrected chi connectivity index (χ3v) is 4.26. The van der Waals surface area contributed by atoms with Crippen LogP contribution in [0.1, 0.15) is 4.88 Å². The molecule has 18 heavy (non-hydrogen) atoms. The van der Waals surface area contributed by atoms with Crippen molar-refractivity contribution in [3.8, 4) is 5.75 Å². The highest BCUT2D eigenvalue weighted by Crippen LogP contribution is 2.26. The van der Waals surface area contributed by atoms with Gasteiger partial charge in [-0.15, -0.1) is 11.3 Å². The molecule has 0 atom stereocenters. The summed E-state index contributed by atoms with van der Waals surface area (Å²) in [5.41, 5.74) is 0.913. The van der Waals surface area contributed by atoms with Gasteiger partial charge in [-0.05, 0) is 34.1 Å². The minimum Gasteiger partial charge on any atom is -0.486 e. The third kappa shape index (κ3) is 2.40. The second kappa shape index (κ2) is 5.08. The molecule has 0 radical (unpaired) electrons. The average Bonchev–Trinajstić information content (AvgIpc) is 2.82. The molecule has 3 rings (SSSR count). The zero-order chi connectivity index (χ0) is 12.4. The second-order valence-electron chi connectivity index (χ2n) is 3.85. The van der Waals surface area contributed by atoms with Crippen LogP contribution in [0.5, 0.6) is 5.75 Å². The van der Waals surface area contributed by atoms with Crippen molar-refractivity contribution >= 4 is 38.2 Å². The molecule has 2 nitrogen and oxygen atoms in total. The largest absolute Gasteiger partial charge is 0.486 e. The first-order chi connectivity index (χ1) is 8.83. The van der Waals surface area contributed by atoms with Gasteiger partial charge in [0.15, 0.2) is 0 Å². The normalized spacial score (nSPS) is 10.7. The average molecular weight is 320 g/mol. The Morgan fingerprint density at radius 2 is 2.11 bits per heavy atom. The van der Waals surface area contributed by atoms with Gasteiger partial charge in [-0.2, -0.15) is 0 Å². The number of rotatable bonds is 3. The molecular weight excluding hydrogens is 310 g/mol. The van der Waals surface area contributed by atoms with Crippen LogP contribution in [0.25, 0.3) is 10.9 Å². The van der Waals surface area contributed by atoms with Crippen LogP contribution in [0.15, 0.2) is 52.4 Å². The molecule has 0 fully saturated rings. The van der Waals surface area contributed by atoms with Gasteiger partial charge in [0.2, 0.25) is 0 Å². The Labute approximate surface area is 117 Å². The van der Waals surface area contributed by atoms with E-state index in [1.807, 2.05) is 30.3 Å².